The molecule has 0 bridgehead atoms. The van der Waals surface area contributed by atoms with E-state index < -0.39 is 11.6 Å². The molecular weight excluding hydrogens is 311 g/mol. The number of rotatable bonds is 4. The van der Waals surface area contributed by atoms with Crippen molar-refractivity contribution in [3.05, 3.63) is 27.8 Å². The molecule has 2 N–H and O–H groups in total. The summed E-state index contributed by atoms with van der Waals surface area (Å²) in [6.45, 7) is 0.922. The molecule has 1 unspecified atom stereocenters. The number of ether oxygens (including phenoxy) is 1. The summed E-state index contributed by atoms with van der Waals surface area (Å²) in [5, 5.41) is 18.0. The van der Waals surface area contributed by atoms with E-state index in [-0.39, 0.29) is 6.61 Å². The van der Waals surface area contributed by atoms with Gasteiger partial charge in [0.2, 0.25) is 0 Å². The SMILES string of the molecule is CC(O)(COc1ccc(I)cc1)C(=O)O. The predicted molar refractivity (Wildman–Crippen MR) is 62.9 cm³/mol. The van der Waals surface area contributed by atoms with Gasteiger partial charge in [-0.25, -0.2) is 4.79 Å². The van der Waals surface area contributed by atoms with Crippen molar-refractivity contribution in [2.45, 2.75) is 12.5 Å². The molecule has 0 aromatic heterocycles. The molecule has 0 aliphatic heterocycles. The molecule has 0 saturated carbocycles. The van der Waals surface area contributed by atoms with E-state index in [1.807, 2.05) is 12.1 Å². The van der Waals surface area contributed by atoms with E-state index in [1.54, 1.807) is 12.1 Å². The molecule has 5 heteroatoms. The number of carboxylic acids is 1. The molecule has 15 heavy (non-hydrogen) atoms. The van der Waals surface area contributed by atoms with Crippen molar-refractivity contribution >= 4 is 28.6 Å². The van der Waals surface area contributed by atoms with Crippen molar-refractivity contribution < 1.29 is 19.7 Å². The minimum Gasteiger partial charge on any atom is -0.490 e. The van der Waals surface area contributed by atoms with E-state index in [0.717, 1.165) is 3.57 Å². The maximum Gasteiger partial charge on any atom is 0.339 e. The van der Waals surface area contributed by atoms with E-state index in [1.165, 1.54) is 6.92 Å². The van der Waals surface area contributed by atoms with Crippen LogP contribution in [0.5, 0.6) is 5.75 Å². The van der Waals surface area contributed by atoms with Gasteiger partial charge in [-0.05, 0) is 53.8 Å². The molecule has 0 saturated heterocycles. The van der Waals surface area contributed by atoms with Gasteiger partial charge in [0.1, 0.15) is 12.4 Å². The van der Waals surface area contributed by atoms with Crippen molar-refractivity contribution in [3.63, 3.8) is 0 Å². The number of hydrogen-bond donors (Lipinski definition) is 2. The highest BCUT2D eigenvalue weighted by Gasteiger charge is 2.30. The standard InChI is InChI=1S/C10H11IO4/c1-10(14,9(12)13)6-15-8-4-2-7(11)3-5-8/h2-5,14H,6H2,1H3,(H,12,13). The van der Waals surface area contributed by atoms with Gasteiger partial charge in [-0.15, -0.1) is 0 Å². The number of benzene rings is 1. The molecule has 0 radical (unpaired) electrons. The average molecular weight is 322 g/mol. The third-order valence-electron chi connectivity index (χ3n) is 1.79. The monoisotopic (exact) mass is 322 g/mol. The summed E-state index contributed by atoms with van der Waals surface area (Å²) in [5.74, 6) is -0.759. The predicted octanol–water partition coefficient (Wildman–Crippen LogP) is 1.51. The molecular formula is C10H11IO4. The second-order valence-corrected chi connectivity index (χ2v) is 4.57. The summed E-state index contributed by atoms with van der Waals surface area (Å²) in [6.07, 6.45) is 0. The highest BCUT2D eigenvalue weighted by molar-refractivity contribution is 14.1. The number of hydrogen-bond acceptors (Lipinski definition) is 3. The Morgan fingerprint density at radius 3 is 2.47 bits per heavy atom. The number of halogens is 1. The summed E-state index contributed by atoms with van der Waals surface area (Å²) in [7, 11) is 0. The Bertz CT molecular complexity index is 345. The lowest BCUT2D eigenvalue weighted by atomic mass is 10.1. The molecule has 0 spiro atoms. The smallest absolute Gasteiger partial charge is 0.339 e. The van der Waals surface area contributed by atoms with Crippen molar-refractivity contribution in [2.24, 2.45) is 0 Å². The van der Waals surface area contributed by atoms with Crippen molar-refractivity contribution in [2.75, 3.05) is 6.61 Å². The van der Waals surface area contributed by atoms with Crippen LogP contribution in [0.4, 0.5) is 0 Å². The molecule has 0 heterocycles. The Balaban J connectivity index is 2.57. The third-order valence-corrected chi connectivity index (χ3v) is 2.51. The zero-order valence-corrected chi connectivity index (χ0v) is 10.3. The van der Waals surface area contributed by atoms with Gasteiger partial charge in [0.15, 0.2) is 5.60 Å². The van der Waals surface area contributed by atoms with Crippen LogP contribution in [0.15, 0.2) is 24.3 Å². The third kappa shape index (κ3) is 3.67. The molecule has 1 rings (SSSR count). The Labute approximate surface area is 101 Å². The molecule has 0 fully saturated rings. The van der Waals surface area contributed by atoms with E-state index in [2.05, 4.69) is 22.6 Å². The van der Waals surface area contributed by atoms with Crippen LogP contribution < -0.4 is 4.74 Å². The minimum absolute atomic E-state index is 0.275. The fraction of sp³-hybridized carbons (Fsp3) is 0.300. The average Bonchev–Trinajstić information content (AvgIpc) is 2.17. The topological polar surface area (TPSA) is 66.8 Å². The maximum atomic E-state index is 10.6. The first-order valence-electron chi connectivity index (χ1n) is 4.26. The van der Waals surface area contributed by atoms with Crippen LogP contribution in [0.2, 0.25) is 0 Å². The highest BCUT2D eigenvalue weighted by atomic mass is 127. The zero-order chi connectivity index (χ0) is 11.5. The van der Waals surface area contributed by atoms with Gasteiger partial charge in [-0.1, -0.05) is 0 Å². The van der Waals surface area contributed by atoms with Crippen LogP contribution in [0, 0.1) is 3.57 Å². The zero-order valence-electron chi connectivity index (χ0n) is 8.11. The molecule has 82 valence electrons. The minimum atomic E-state index is -1.86. The Morgan fingerprint density at radius 2 is 2.00 bits per heavy atom. The molecule has 0 aliphatic rings. The molecule has 1 aromatic carbocycles. The first-order valence-corrected chi connectivity index (χ1v) is 5.34. The van der Waals surface area contributed by atoms with Gasteiger partial charge < -0.3 is 14.9 Å². The quantitative estimate of drug-likeness (QED) is 0.825. The lowest BCUT2D eigenvalue weighted by molar-refractivity contribution is -0.159. The summed E-state index contributed by atoms with van der Waals surface area (Å²) in [6, 6.07) is 7.12. The Kier molecular flexibility index (Phi) is 3.92. The first-order chi connectivity index (χ1) is 6.92. The van der Waals surface area contributed by atoms with E-state index in [9.17, 15) is 9.90 Å². The largest absolute Gasteiger partial charge is 0.490 e. The van der Waals surface area contributed by atoms with Crippen LogP contribution in [0.3, 0.4) is 0 Å². The number of carboxylic acid groups (broad SMARTS) is 1. The molecule has 1 atom stereocenters. The van der Waals surface area contributed by atoms with Crippen LogP contribution >= 0.6 is 22.6 Å². The maximum absolute atomic E-state index is 10.6. The number of aliphatic hydroxyl groups is 1. The van der Waals surface area contributed by atoms with Gasteiger partial charge in [0, 0.05) is 3.57 Å². The van der Waals surface area contributed by atoms with Crippen molar-refractivity contribution in [1.29, 1.82) is 0 Å². The summed E-state index contributed by atoms with van der Waals surface area (Å²) in [4.78, 5) is 10.6. The molecule has 0 amide bonds. The van der Waals surface area contributed by atoms with Crippen LogP contribution in [0.1, 0.15) is 6.92 Å². The second-order valence-electron chi connectivity index (χ2n) is 3.32. The van der Waals surface area contributed by atoms with Crippen LogP contribution in [0.25, 0.3) is 0 Å². The van der Waals surface area contributed by atoms with E-state index in [4.69, 9.17) is 9.84 Å². The summed E-state index contributed by atoms with van der Waals surface area (Å²) >= 11 is 2.15. The lowest BCUT2D eigenvalue weighted by Gasteiger charge is -2.18. The van der Waals surface area contributed by atoms with Gasteiger partial charge in [-0.3, -0.25) is 0 Å². The van der Waals surface area contributed by atoms with Crippen molar-refractivity contribution in [1.82, 2.24) is 0 Å². The van der Waals surface area contributed by atoms with Gasteiger partial charge >= 0.3 is 5.97 Å². The fourth-order valence-corrected chi connectivity index (χ4v) is 1.18. The fourth-order valence-electron chi connectivity index (χ4n) is 0.816. The van der Waals surface area contributed by atoms with E-state index >= 15 is 0 Å². The van der Waals surface area contributed by atoms with Crippen LogP contribution in [-0.2, 0) is 4.79 Å². The Hall–Kier alpha value is -0.820. The Morgan fingerprint density at radius 1 is 1.47 bits per heavy atom. The van der Waals surface area contributed by atoms with Gasteiger partial charge in [0.05, 0.1) is 0 Å². The summed E-state index contributed by atoms with van der Waals surface area (Å²) in [5.41, 5.74) is -1.86. The number of aliphatic carboxylic acids is 1. The lowest BCUT2D eigenvalue weighted by Crippen LogP contribution is -2.41. The van der Waals surface area contributed by atoms with Crippen LogP contribution in [-0.4, -0.2) is 28.4 Å². The van der Waals surface area contributed by atoms with Crippen molar-refractivity contribution in [3.8, 4) is 5.75 Å². The molecule has 4 nitrogen and oxygen atoms in total. The number of carbonyl (C=O) groups is 1. The van der Waals surface area contributed by atoms with Gasteiger partial charge in [-0.2, -0.15) is 0 Å². The molecule has 1 aromatic rings. The first kappa shape index (κ1) is 12.3. The second kappa shape index (κ2) is 4.80. The molecule has 0 aliphatic carbocycles. The highest BCUT2D eigenvalue weighted by Crippen LogP contribution is 2.15. The van der Waals surface area contributed by atoms with E-state index in [0.29, 0.717) is 5.75 Å². The summed E-state index contributed by atoms with van der Waals surface area (Å²) < 4.78 is 6.21. The van der Waals surface area contributed by atoms with Gasteiger partial charge in [0.25, 0.3) is 0 Å². The normalized spacial score (nSPS) is 14.3.